The molecular weight excluding hydrogens is 280 g/mol. The molecule has 20 heavy (non-hydrogen) atoms. The van der Waals surface area contributed by atoms with Crippen molar-refractivity contribution in [2.75, 3.05) is 19.1 Å². The highest BCUT2D eigenvalue weighted by Crippen LogP contribution is 2.05. The fourth-order valence-electron chi connectivity index (χ4n) is 1.62. The molecule has 112 valence electrons. The van der Waals surface area contributed by atoms with Crippen molar-refractivity contribution in [1.82, 2.24) is 20.2 Å². The number of hydrogen-bond acceptors (Lipinski definition) is 4. The van der Waals surface area contributed by atoms with Crippen LogP contribution in [0.1, 0.15) is 12.6 Å². The summed E-state index contributed by atoms with van der Waals surface area (Å²) in [7, 11) is 1.66. The van der Waals surface area contributed by atoms with E-state index in [4.69, 9.17) is 0 Å². The minimum atomic E-state index is -1.07. The second-order valence-electron chi connectivity index (χ2n) is 4.54. The Morgan fingerprint density at radius 1 is 1.60 bits per heavy atom. The third kappa shape index (κ3) is 4.76. The third-order valence-electron chi connectivity index (χ3n) is 2.96. The fraction of sp³-hybridized carbons (Fsp3) is 0.583. The number of aromatic amines is 1. The Bertz CT molecular complexity index is 438. The van der Waals surface area contributed by atoms with E-state index in [0.29, 0.717) is 5.69 Å². The Labute approximate surface area is 122 Å². The van der Waals surface area contributed by atoms with Gasteiger partial charge in [-0.25, -0.2) is 14.6 Å². The molecule has 2 amide bonds. The lowest BCUT2D eigenvalue weighted by atomic mass is 10.1. The smallest absolute Gasteiger partial charge is 0.326 e. The van der Waals surface area contributed by atoms with Crippen LogP contribution in [0.2, 0.25) is 0 Å². The van der Waals surface area contributed by atoms with Crippen LogP contribution >= 0.6 is 11.8 Å². The summed E-state index contributed by atoms with van der Waals surface area (Å²) < 4.78 is 0. The molecule has 0 aliphatic heterocycles. The number of urea groups is 1. The van der Waals surface area contributed by atoms with Gasteiger partial charge < -0.3 is 20.3 Å². The van der Waals surface area contributed by atoms with Gasteiger partial charge in [0.15, 0.2) is 0 Å². The topological polar surface area (TPSA) is 98.3 Å². The molecule has 1 heterocycles. The summed E-state index contributed by atoms with van der Waals surface area (Å²) in [6, 6.07) is -1.34. The van der Waals surface area contributed by atoms with Crippen LogP contribution in [0, 0.1) is 0 Å². The number of carboxylic acid groups (broad SMARTS) is 1. The van der Waals surface area contributed by atoms with Gasteiger partial charge in [0.1, 0.15) is 6.04 Å². The molecule has 0 saturated carbocycles. The summed E-state index contributed by atoms with van der Waals surface area (Å²) in [6.07, 6.45) is 5.15. The van der Waals surface area contributed by atoms with E-state index in [2.05, 4.69) is 15.3 Å². The van der Waals surface area contributed by atoms with E-state index in [1.54, 1.807) is 25.0 Å². The number of hydrogen-bond donors (Lipinski definition) is 3. The van der Waals surface area contributed by atoms with Gasteiger partial charge in [-0.15, -0.1) is 0 Å². The highest BCUT2D eigenvalue weighted by molar-refractivity contribution is 7.98. The zero-order valence-corrected chi connectivity index (χ0v) is 12.6. The maximum Gasteiger partial charge on any atom is 0.326 e. The molecule has 1 rings (SSSR count). The van der Waals surface area contributed by atoms with Gasteiger partial charge in [0, 0.05) is 37.2 Å². The first-order valence-electron chi connectivity index (χ1n) is 6.18. The molecular formula is C12H20N4O3S. The van der Waals surface area contributed by atoms with Crippen LogP contribution in [0.5, 0.6) is 0 Å². The lowest BCUT2D eigenvalue weighted by Crippen LogP contribution is -2.50. The standard InChI is InChI=1S/C12H20N4O3S/c1-8(6-20-3)16(2)12(19)15-10(11(17)18)4-9-5-13-7-14-9/h5,7-8,10H,4,6H2,1-3H3,(H,13,14)(H,15,19)(H,17,18)/t8?,10-/m0/s1. The van der Waals surface area contributed by atoms with Crippen LogP contribution in [0.4, 0.5) is 4.79 Å². The lowest BCUT2D eigenvalue weighted by Gasteiger charge is -2.26. The van der Waals surface area contributed by atoms with Gasteiger partial charge in [-0.3, -0.25) is 0 Å². The molecule has 0 aliphatic carbocycles. The fourth-order valence-corrected chi connectivity index (χ4v) is 2.33. The average molecular weight is 300 g/mol. The molecule has 0 aromatic carbocycles. The molecule has 0 saturated heterocycles. The van der Waals surface area contributed by atoms with Crippen molar-refractivity contribution >= 4 is 23.8 Å². The summed E-state index contributed by atoms with van der Waals surface area (Å²) in [6.45, 7) is 1.92. The van der Waals surface area contributed by atoms with E-state index < -0.39 is 18.0 Å². The summed E-state index contributed by atoms with van der Waals surface area (Å²) in [5.74, 6) is -0.277. The van der Waals surface area contributed by atoms with E-state index in [-0.39, 0.29) is 12.5 Å². The lowest BCUT2D eigenvalue weighted by molar-refractivity contribution is -0.139. The number of rotatable bonds is 7. The predicted octanol–water partition coefficient (Wildman–Crippen LogP) is 0.798. The van der Waals surface area contributed by atoms with E-state index >= 15 is 0 Å². The minimum absolute atomic E-state index is 0.0339. The predicted molar refractivity (Wildman–Crippen MR) is 77.9 cm³/mol. The van der Waals surface area contributed by atoms with Crippen LogP contribution in [-0.4, -0.2) is 63.1 Å². The largest absolute Gasteiger partial charge is 0.480 e. The van der Waals surface area contributed by atoms with E-state index in [9.17, 15) is 14.7 Å². The molecule has 2 atom stereocenters. The summed E-state index contributed by atoms with van der Waals surface area (Å²) in [5, 5.41) is 11.7. The number of carbonyl (C=O) groups excluding carboxylic acids is 1. The van der Waals surface area contributed by atoms with Gasteiger partial charge in [-0.05, 0) is 13.2 Å². The Morgan fingerprint density at radius 2 is 2.30 bits per heavy atom. The molecule has 1 aromatic heterocycles. The SMILES string of the molecule is CSCC(C)N(C)C(=O)N[C@@H](Cc1cnc[nH]1)C(=O)O. The molecule has 0 spiro atoms. The number of carboxylic acids is 1. The second-order valence-corrected chi connectivity index (χ2v) is 5.45. The van der Waals surface area contributed by atoms with Crippen molar-refractivity contribution in [2.24, 2.45) is 0 Å². The first kappa shape index (κ1) is 16.4. The Hall–Kier alpha value is -1.70. The van der Waals surface area contributed by atoms with Crippen molar-refractivity contribution in [2.45, 2.75) is 25.4 Å². The number of nitrogens with one attached hydrogen (secondary N) is 2. The minimum Gasteiger partial charge on any atom is -0.480 e. The Balaban J connectivity index is 2.61. The van der Waals surface area contributed by atoms with Crippen LogP contribution in [0.15, 0.2) is 12.5 Å². The number of nitrogens with zero attached hydrogens (tertiary/aromatic N) is 2. The monoisotopic (exact) mass is 300 g/mol. The van der Waals surface area contributed by atoms with Gasteiger partial charge in [0.2, 0.25) is 0 Å². The molecule has 7 nitrogen and oxygen atoms in total. The molecule has 1 unspecified atom stereocenters. The van der Waals surface area contributed by atoms with Gasteiger partial charge in [0.25, 0.3) is 0 Å². The average Bonchev–Trinajstić information content (AvgIpc) is 2.90. The van der Waals surface area contributed by atoms with Crippen LogP contribution in [0.25, 0.3) is 0 Å². The summed E-state index contributed by atoms with van der Waals surface area (Å²) in [5.41, 5.74) is 0.664. The zero-order chi connectivity index (χ0) is 15.1. The molecule has 0 fully saturated rings. The van der Waals surface area contributed by atoms with Gasteiger partial charge in [-0.2, -0.15) is 11.8 Å². The number of imidazole rings is 1. The molecule has 0 aliphatic rings. The van der Waals surface area contributed by atoms with Crippen molar-refractivity contribution in [1.29, 1.82) is 0 Å². The summed E-state index contributed by atoms with van der Waals surface area (Å²) in [4.78, 5) is 31.4. The Morgan fingerprint density at radius 3 is 2.80 bits per heavy atom. The summed E-state index contributed by atoms with van der Waals surface area (Å²) >= 11 is 1.63. The first-order valence-corrected chi connectivity index (χ1v) is 7.57. The highest BCUT2D eigenvalue weighted by atomic mass is 32.2. The zero-order valence-electron chi connectivity index (χ0n) is 11.8. The third-order valence-corrected chi connectivity index (χ3v) is 3.78. The maximum atomic E-state index is 12.0. The van der Waals surface area contributed by atoms with Crippen molar-refractivity contribution < 1.29 is 14.7 Å². The van der Waals surface area contributed by atoms with Gasteiger partial charge in [-0.1, -0.05) is 0 Å². The number of aromatic nitrogens is 2. The van der Waals surface area contributed by atoms with Gasteiger partial charge in [0.05, 0.1) is 6.33 Å². The molecule has 8 heteroatoms. The molecule has 0 radical (unpaired) electrons. The highest BCUT2D eigenvalue weighted by Gasteiger charge is 2.24. The van der Waals surface area contributed by atoms with Crippen molar-refractivity contribution in [3.05, 3.63) is 18.2 Å². The van der Waals surface area contributed by atoms with E-state index in [1.165, 1.54) is 11.2 Å². The van der Waals surface area contributed by atoms with E-state index in [1.807, 2.05) is 13.2 Å². The van der Waals surface area contributed by atoms with Crippen LogP contribution < -0.4 is 5.32 Å². The van der Waals surface area contributed by atoms with Gasteiger partial charge >= 0.3 is 12.0 Å². The molecule has 0 bridgehead atoms. The Kier molecular flexibility index (Phi) is 6.37. The number of carbonyl (C=O) groups is 2. The number of thioether (sulfide) groups is 1. The first-order chi connectivity index (χ1) is 9.45. The number of H-pyrrole nitrogens is 1. The quantitative estimate of drug-likeness (QED) is 0.692. The van der Waals surface area contributed by atoms with Crippen LogP contribution in [-0.2, 0) is 11.2 Å². The van der Waals surface area contributed by atoms with Crippen LogP contribution in [0.3, 0.4) is 0 Å². The number of aliphatic carboxylic acids is 1. The number of amides is 2. The maximum absolute atomic E-state index is 12.0. The van der Waals surface area contributed by atoms with E-state index in [0.717, 1.165) is 5.75 Å². The van der Waals surface area contributed by atoms with Crippen molar-refractivity contribution in [3.8, 4) is 0 Å². The molecule has 1 aromatic rings. The normalized spacial score (nSPS) is 13.6. The second kappa shape index (κ2) is 7.78. The molecule has 3 N–H and O–H groups in total. The van der Waals surface area contributed by atoms with Crippen molar-refractivity contribution in [3.63, 3.8) is 0 Å².